The summed E-state index contributed by atoms with van der Waals surface area (Å²) in [5.41, 5.74) is 13.3. The summed E-state index contributed by atoms with van der Waals surface area (Å²) in [5, 5.41) is 18.8. The van der Waals surface area contributed by atoms with E-state index in [2.05, 4.69) is 0 Å². The lowest BCUT2D eigenvalue weighted by Crippen LogP contribution is -1.94. The molecule has 0 aliphatic heterocycles. The third kappa shape index (κ3) is 1.61. The first kappa shape index (κ1) is 10.2. The molecule has 0 aromatic heterocycles. The molecule has 0 atom stereocenters. The first-order valence-electron chi connectivity index (χ1n) is 4.76. The third-order valence-electron chi connectivity index (χ3n) is 2.43. The summed E-state index contributed by atoms with van der Waals surface area (Å²) in [6.07, 6.45) is 0. The van der Waals surface area contributed by atoms with Crippen LogP contribution < -0.4 is 11.5 Å². The van der Waals surface area contributed by atoms with E-state index in [0.29, 0.717) is 5.56 Å². The van der Waals surface area contributed by atoms with Gasteiger partial charge in [0, 0.05) is 5.56 Å². The van der Waals surface area contributed by atoms with E-state index in [1.165, 1.54) is 0 Å². The normalized spacial score (nSPS) is 10.2. The van der Waals surface area contributed by atoms with Gasteiger partial charge in [-0.15, -0.1) is 0 Å². The van der Waals surface area contributed by atoms with Gasteiger partial charge in [0.15, 0.2) is 5.75 Å². The highest BCUT2D eigenvalue weighted by Crippen LogP contribution is 2.36. The Morgan fingerprint density at radius 1 is 0.812 bits per heavy atom. The summed E-state index contributed by atoms with van der Waals surface area (Å²) in [6, 6.07) is 9.88. The van der Waals surface area contributed by atoms with Gasteiger partial charge in [-0.2, -0.15) is 0 Å². The highest BCUT2D eigenvalue weighted by atomic mass is 16.3. The molecule has 16 heavy (non-hydrogen) atoms. The summed E-state index contributed by atoms with van der Waals surface area (Å²) in [7, 11) is 0. The molecule has 0 radical (unpaired) electrons. The average Bonchev–Trinajstić information content (AvgIpc) is 2.28. The van der Waals surface area contributed by atoms with Gasteiger partial charge in [-0.3, -0.25) is 0 Å². The lowest BCUT2D eigenvalue weighted by Gasteiger charge is -2.09. The monoisotopic (exact) mass is 216 g/mol. The zero-order chi connectivity index (χ0) is 11.7. The fourth-order valence-corrected chi connectivity index (χ4v) is 1.52. The third-order valence-corrected chi connectivity index (χ3v) is 2.43. The van der Waals surface area contributed by atoms with Gasteiger partial charge in [0.05, 0.1) is 11.4 Å². The number of nitrogens with two attached hydrogens (primary N) is 2. The summed E-state index contributed by atoms with van der Waals surface area (Å²) in [4.78, 5) is 0. The van der Waals surface area contributed by atoms with Crippen molar-refractivity contribution in [2.75, 3.05) is 11.5 Å². The smallest absolute Gasteiger partial charge is 0.162 e. The number of hydrogen-bond donors (Lipinski definition) is 4. The molecule has 0 aliphatic rings. The number of phenols is 2. The van der Waals surface area contributed by atoms with Crippen LogP contribution in [0.25, 0.3) is 11.1 Å². The van der Waals surface area contributed by atoms with Gasteiger partial charge < -0.3 is 21.7 Å². The molecule has 4 nitrogen and oxygen atoms in total. The summed E-state index contributed by atoms with van der Waals surface area (Å²) in [5.74, 6) is 0.0764. The number of rotatable bonds is 1. The molecule has 0 aliphatic carbocycles. The number of benzene rings is 2. The lowest BCUT2D eigenvalue weighted by atomic mass is 10.0. The van der Waals surface area contributed by atoms with Crippen LogP contribution in [-0.4, -0.2) is 10.2 Å². The Morgan fingerprint density at radius 2 is 1.44 bits per heavy atom. The molecule has 82 valence electrons. The van der Waals surface area contributed by atoms with Crippen molar-refractivity contribution >= 4 is 11.4 Å². The molecule has 2 aromatic carbocycles. The molecular formula is C12H12N2O2. The van der Waals surface area contributed by atoms with Crippen molar-refractivity contribution in [1.29, 1.82) is 0 Å². The second-order valence-electron chi connectivity index (χ2n) is 3.51. The molecule has 0 bridgehead atoms. The van der Waals surface area contributed by atoms with E-state index in [1.807, 2.05) is 0 Å². The molecule has 0 saturated carbocycles. The zero-order valence-electron chi connectivity index (χ0n) is 8.51. The Bertz CT molecular complexity index is 521. The van der Waals surface area contributed by atoms with Crippen LogP contribution >= 0.6 is 0 Å². The van der Waals surface area contributed by atoms with Crippen molar-refractivity contribution < 1.29 is 10.2 Å². The maximum Gasteiger partial charge on any atom is 0.162 e. The van der Waals surface area contributed by atoms with Gasteiger partial charge >= 0.3 is 0 Å². The first-order chi connectivity index (χ1) is 7.59. The van der Waals surface area contributed by atoms with E-state index >= 15 is 0 Å². The van der Waals surface area contributed by atoms with Crippen molar-refractivity contribution in [2.24, 2.45) is 0 Å². The minimum Gasteiger partial charge on any atom is -0.508 e. The van der Waals surface area contributed by atoms with E-state index in [4.69, 9.17) is 11.5 Å². The molecule has 4 heteroatoms. The van der Waals surface area contributed by atoms with Gasteiger partial charge in [0.25, 0.3) is 0 Å². The lowest BCUT2D eigenvalue weighted by molar-refractivity contribution is 0.475. The first-order valence-corrected chi connectivity index (χ1v) is 4.76. The Morgan fingerprint density at radius 3 is 2.06 bits per heavy atom. The van der Waals surface area contributed by atoms with Gasteiger partial charge in [-0.1, -0.05) is 12.1 Å². The van der Waals surface area contributed by atoms with Crippen molar-refractivity contribution in [1.82, 2.24) is 0 Å². The second kappa shape index (κ2) is 3.66. The molecule has 0 saturated heterocycles. The maximum absolute atomic E-state index is 9.60. The zero-order valence-corrected chi connectivity index (χ0v) is 8.51. The number of anilines is 2. The molecule has 0 fully saturated rings. The van der Waals surface area contributed by atoms with Crippen LogP contribution in [0.1, 0.15) is 0 Å². The average molecular weight is 216 g/mol. The van der Waals surface area contributed by atoms with Crippen LogP contribution in [0.5, 0.6) is 11.5 Å². The maximum atomic E-state index is 9.60. The molecule has 0 heterocycles. The van der Waals surface area contributed by atoms with E-state index in [-0.39, 0.29) is 22.9 Å². The van der Waals surface area contributed by atoms with E-state index in [0.717, 1.165) is 5.56 Å². The Hall–Kier alpha value is -2.36. The van der Waals surface area contributed by atoms with Crippen molar-refractivity contribution in [3.63, 3.8) is 0 Å². The van der Waals surface area contributed by atoms with Crippen molar-refractivity contribution in [3.05, 3.63) is 36.4 Å². The largest absolute Gasteiger partial charge is 0.508 e. The summed E-state index contributed by atoms with van der Waals surface area (Å²) in [6.45, 7) is 0. The predicted octanol–water partition coefficient (Wildman–Crippen LogP) is 1.93. The van der Waals surface area contributed by atoms with Crippen LogP contribution in [0.3, 0.4) is 0 Å². The van der Waals surface area contributed by atoms with Crippen LogP contribution in [0.15, 0.2) is 36.4 Å². The fourth-order valence-electron chi connectivity index (χ4n) is 1.52. The minimum absolute atomic E-state index is 0.106. The van der Waals surface area contributed by atoms with Gasteiger partial charge in [-0.25, -0.2) is 0 Å². The van der Waals surface area contributed by atoms with Crippen molar-refractivity contribution in [2.45, 2.75) is 0 Å². The summed E-state index contributed by atoms with van der Waals surface area (Å²) < 4.78 is 0. The topological polar surface area (TPSA) is 92.5 Å². The van der Waals surface area contributed by atoms with Crippen molar-refractivity contribution in [3.8, 4) is 22.6 Å². The predicted molar refractivity (Wildman–Crippen MR) is 64.0 cm³/mol. The highest BCUT2D eigenvalue weighted by molar-refractivity contribution is 5.84. The Balaban J connectivity index is 2.57. The van der Waals surface area contributed by atoms with Gasteiger partial charge in [0.2, 0.25) is 0 Å². The van der Waals surface area contributed by atoms with Crippen LogP contribution in [0.2, 0.25) is 0 Å². The van der Waals surface area contributed by atoms with E-state index in [9.17, 15) is 10.2 Å². The molecule has 2 aromatic rings. The minimum atomic E-state index is -0.106. The summed E-state index contributed by atoms with van der Waals surface area (Å²) >= 11 is 0. The molecule has 6 N–H and O–H groups in total. The Labute approximate surface area is 92.8 Å². The molecular weight excluding hydrogens is 204 g/mol. The number of nitrogen functional groups attached to an aromatic ring is 2. The van der Waals surface area contributed by atoms with Crippen LogP contribution in [-0.2, 0) is 0 Å². The standard InChI is InChI=1S/C12H12N2O2/c13-10-6-5-9(11(14)12(10)16)7-1-3-8(15)4-2-7/h1-6,15-16H,13-14H2. The molecule has 0 amide bonds. The fraction of sp³-hybridized carbons (Fsp3) is 0. The quantitative estimate of drug-likeness (QED) is 0.433. The van der Waals surface area contributed by atoms with Crippen LogP contribution in [0.4, 0.5) is 11.4 Å². The molecule has 2 rings (SSSR count). The molecule has 0 unspecified atom stereocenters. The Kier molecular flexibility index (Phi) is 2.32. The SMILES string of the molecule is Nc1ccc(-c2ccc(O)cc2)c(N)c1O. The van der Waals surface area contributed by atoms with Crippen LogP contribution in [0, 0.1) is 0 Å². The number of aromatic hydroxyl groups is 2. The van der Waals surface area contributed by atoms with E-state index in [1.54, 1.807) is 36.4 Å². The highest BCUT2D eigenvalue weighted by Gasteiger charge is 2.09. The van der Waals surface area contributed by atoms with Gasteiger partial charge in [0.1, 0.15) is 5.75 Å². The second-order valence-corrected chi connectivity index (χ2v) is 3.51. The number of phenolic OH excluding ortho intramolecular Hbond substituents is 2. The number of hydrogen-bond acceptors (Lipinski definition) is 4. The molecule has 0 spiro atoms. The van der Waals surface area contributed by atoms with E-state index < -0.39 is 0 Å². The van der Waals surface area contributed by atoms with Gasteiger partial charge in [-0.05, 0) is 29.8 Å².